The SMILES string of the molecule is CC(N)c1cc(F)ccc1SCCO. The highest BCUT2D eigenvalue weighted by Gasteiger charge is 2.08. The molecule has 1 aromatic carbocycles. The summed E-state index contributed by atoms with van der Waals surface area (Å²) < 4.78 is 12.9. The molecule has 0 heterocycles. The minimum absolute atomic E-state index is 0.112. The Kier molecular flexibility index (Phi) is 4.38. The van der Waals surface area contributed by atoms with E-state index in [1.54, 1.807) is 6.07 Å². The first-order valence-corrected chi connectivity index (χ1v) is 5.42. The second kappa shape index (κ2) is 5.34. The van der Waals surface area contributed by atoms with Crippen LogP contribution in [0.2, 0.25) is 0 Å². The summed E-state index contributed by atoms with van der Waals surface area (Å²) in [6.45, 7) is 1.93. The van der Waals surface area contributed by atoms with Crippen molar-refractivity contribution in [3.05, 3.63) is 29.6 Å². The van der Waals surface area contributed by atoms with Gasteiger partial charge in [-0.25, -0.2) is 4.39 Å². The summed E-state index contributed by atoms with van der Waals surface area (Å²) in [6.07, 6.45) is 0. The normalized spacial score (nSPS) is 12.9. The van der Waals surface area contributed by atoms with E-state index in [1.165, 1.54) is 23.9 Å². The molecule has 2 nitrogen and oxygen atoms in total. The van der Waals surface area contributed by atoms with Crippen molar-refractivity contribution in [3.8, 4) is 0 Å². The average molecular weight is 215 g/mol. The lowest BCUT2D eigenvalue weighted by Gasteiger charge is -2.11. The van der Waals surface area contributed by atoms with Crippen molar-refractivity contribution in [1.82, 2.24) is 0 Å². The van der Waals surface area contributed by atoms with Gasteiger partial charge in [0.05, 0.1) is 6.61 Å². The number of benzene rings is 1. The van der Waals surface area contributed by atoms with E-state index in [0.717, 1.165) is 10.5 Å². The molecule has 0 aliphatic heterocycles. The number of aliphatic hydroxyl groups is 1. The lowest BCUT2D eigenvalue weighted by molar-refractivity contribution is 0.322. The van der Waals surface area contributed by atoms with Crippen molar-refractivity contribution < 1.29 is 9.50 Å². The highest BCUT2D eigenvalue weighted by Crippen LogP contribution is 2.26. The van der Waals surface area contributed by atoms with Crippen molar-refractivity contribution >= 4 is 11.8 Å². The number of halogens is 1. The summed E-state index contributed by atoms with van der Waals surface area (Å²) in [4.78, 5) is 0.940. The zero-order valence-corrected chi connectivity index (χ0v) is 8.85. The van der Waals surface area contributed by atoms with E-state index in [2.05, 4.69) is 0 Å². The minimum Gasteiger partial charge on any atom is -0.396 e. The van der Waals surface area contributed by atoms with Crippen LogP contribution in [0.25, 0.3) is 0 Å². The Bertz CT molecular complexity index is 304. The zero-order chi connectivity index (χ0) is 10.6. The first-order chi connectivity index (χ1) is 6.65. The molecular formula is C10H14FNOS. The molecule has 0 fully saturated rings. The van der Waals surface area contributed by atoms with Gasteiger partial charge in [-0.3, -0.25) is 0 Å². The summed E-state index contributed by atoms with van der Waals surface area (Å²) in [5.41, 5.74) is 6.51. The van der Waals surface area contributed by atoms with Crippen molar-refractivity contribution in [1.29, 1.82) is 0 Å². The molecule has 0 saturated carbocycles. The summed E-state index contributed by atoms with van der Waals surface area (Å²) in [5, 5.41) is 8.69. The first-order valence-electron chi connectivity index (χ1n) is 4.44. The summed E-state index contributed by atoms with van der Waals surface area (Å²) in [5.74, 6) is 0.330. The average Bonchev–Trinajstić information content (AvgIpc) is 2.15. The number of rotatable bonds is 4. The topological polar surface area (TPSA) is 46.2 Å². The lowest BCUT2D eigenvalue weighted by atomic mass is 10.1. The van der Waals surface area contributed by atoms with Crippen LogP contribution in [0.1, 0.15) is 18.5 Å². The Balaban J connectivity index is 2.90. The van der Waals surface area contributed by atoms with Crippen LogP contribution >= 0.6 is 11.8 Å². The van der Waals surface area contributed by atoms with Gasteiger partial charge >= 0.3 is 0 Å². The van der Waals surface area contributed by atoms with E-state index in [1.807, 2.05) is 6.92 Å². The van der Waals surface area contributed by atoms with Crippen LogP contribution in [0.15, 0.2) is 23.1 Å². The Hall–Kier alpha value is -0.580. The lowest BCUT2D eigenvalue weighted by Crippen LogP contribution is -2.07. The zero-order valence-electron chi connectivity index (χ0n) is 8.03. The van der Waals surface area contributed by atoms with Crippen LogP contribution in [0.3, 0.4) is 0 Å². The fourth-order valence-electron chi connectivity index (χ4n) is 1.16. The number of thioether (sulfide) groups is 1. The predicted molar refractivity (Wildman–Crippen MR) is 56.8 cm³/mol. The van der Waals surface area contributed by atoms with Crippen molar-refractivity contribution in [2.24, 2.45) is 5.73 Å². The van der Waals surface area contributed by atoms with Gasteiger partial charge in [-0.1, -0.05) is 0 Å². The minimum atomic E-state index is -0.273. The van der Waals surface area contributed by atoms with E-state index >= 15 is 0 Å². The number of hydrogen-bond acceptors (Lipinski definition) is 3. The van der Waals surface area contributed by atoms with Crippen LogP contribution < -0.4 is 5.73 Å². The summed E-state index contributed by atoms with van der Waals surface area (Å²) >= 11 is 1.49. The van der Waals surface area contributed by atoms with E-state index in [4.69, 9.17) is 10.8 Å². The highest BCUT2D eigenvalue weighted by molar-refractivity contribution is 7.99. The van der Waals surface area contributed by atoms with Gasteiger partial charge in [0.25, 0.3) is 0 Å². The van der Waals surface area contributed by atoms with Gasteiger partial charge in [0.2, 0.25) is 0 Å². The fraction of sp³-hybridized carbons (Fsp3) is 0.400. The standard InChI is InChI=1S/C10H14FNOS/c1-7(12)9-6-8(11)2-3-10(9)14-5-4-13/h2-3,6-7,13H,4-5,12H2,1H3. The van der Waals surface area contributed by atoms with Crippen LogP contribution in [0.4, 0.5) is 4.39 Å². The maximum absolute atomic E-state index is 12.9. The molecule has 0 aromatic heterocycles. The monoisotopic (exact) mass is 215 g/mol. The third-order valence-electron chi connectivity index (χ3n) is 1.81. The molecule has 0 bridgehead atoms. The molecule has 0 radical (unpaired) electrons. The quantitative estimate of drug-likeness (QED) is 0.754. The second-order valence-corrected chi connectivity index (χ2v) is 4.18. The maximum Gasteiger partial charge on any atom is 0.123 e. The smallest absolute Gasteiger partial charge is 0.123 e. The number of aliphatic hydroxyl groups excluding tert-OH is 1. The molecule has 0 saturated heterocycles. The Morgan fingerprint density at radius 2 is 2.29 bits per heavy atom. The molecule has 1 unspecified atom stereocenters. The Morgan fingerprint density at radius 1 is 1.57 bits per heavy atom. The van der Waals surface area contributed by atoms with Crippen molar-refractivity contribution in [2.45, 2.75) is 17.9 Å². The van der Waals surface area contributed by atoms with Gasteiger partial charge in [-0.15, -0.1) is 11.8 Å². The van der Waals surface area contributed by atoms with Gasteiger partial charge in [0, 0.05) is 16.7 Å². The summed E-state index contributed by atoms with van der Waals surface area (Å²) in [7, 11) is 0. The van der Waals surface area contributed by atoms with Crippen LogP contribution in [0, 0.1) is 5.82 Å². The first kappa shape index (κ1) is 11.5. The number of nitrogens with two attached hydrogens (primary N) is 1. The Morgan fingerprint density at radius 3 is 2.86 bits per heavy atom. The third kappa shape index (κ3) is 2.97. The fourth-order valence-corrected chi connectivity index (χ4v) is 2.05. The molecule has 4 heteroatoms. The molecule has 1 rings (SSSR count). The van der Waals surface area contributed by atoms with Crippen molar-refractivity contribution in [2.75, 3.05) is 12.4 Å². The number of hydrogen-bond donors (Lipinski definition) is 2. The maximum atomic E-state index is 12.9. The molecular weight excluding hydrogens is 201 g/mol. The van der Waals surface area contributed by atoms with Crippen molar-refractivity contribution in [3.63, 3.8) is 0 Å². The molecule has 1 atom stereocenters. The van der Waals surface area contributed by atoms with E-state index in [0.29, 0.717) is 5.75 Å². The molecule has 3 N–H and O–H groups in total. The van der Waals surface area contributed by atoms with Gasteiger partial charge in [0.1, 0.15) is 5.82 Å². The van der Waals surface area contributed by atoms with E-state index in [-0.39, 0.29) is 18.5 Å². The second-order valence-electron chi connectivity index (χ2n) is 3.04. The summed E-state index contributed by atoms with van der Waals surface area (Å²) in [6, 6.07) is 4.37. The molecule has 78 valence electrons. The van der Waals surface area contributed by atoms with E-state index < -0.39 is 0 Å². The molecule has 1 aromatic rings. The van der Waals surface area contributed by atoms with Gasteiger partial charge < -0.3 is 10.8 Å². The third-order valence-corrected chi connectivity index (χ3v) is 2.88. The highest BCUT2D eigenvalue weighted by atomic mass is 32.2. The van der Waals surface area contributed by atoms with Gasteiger partial charge in [-0.2, -0.15) is 0 Å². The molecule has 14 heavy (non-hydrogen) atoms. The molecule has 0 aliphatic carbocycles. The van der Waals surface area contributed by atoms with Crippen LogP contribution in [0.5, 0.6) is 0 Å². The van der Waals surface area contributed by atoms with Crippen LogP contribution in [-0.2, 0) is 0 Å². The molecule has 0 amide bonds. The predicted octanol–water partition coefficient (Wildman–Crippen LogP) is 1.93. The molecule has 0 aliphatic rings. The van der Waals surface area contributed by atoms with Crippen LogP contribution in [-0.4, -0.2) is 17.5 Å². The van der Waals surface area contributed by atoms with E-state index in [9.17, 15) is 4.39 Å². The van der Waals surface area contributed by atoms with Gasteiger partial charge in [-0.05, 0) is 30.7 Å². The van der Waals surface area contributed by atoms with Gasteiger partial charge in [0.15, 0.2) is 0 Å². The largest absolute Gasteiger partial charge is 0.396 e. The Labute approximate surface area is 87.3 Å². The molecule has 0 spiro atoms.